The topological polar surface area (TPSA) is 0 Å². The molecule has 0 aliphatic heterocycles. The molecule has 3 heteroatoms. The number of allylic oxidation sites excluding steroid dienone is 8. The van der Waals surface area contributed by atoms with Crippen LogP contribution in [0.25, 0.3) is 0 Å². The first kappa shape index (κ1) is 18.2. The van der Waals surface area contributed by atoms with Gasteiger partial charge in [0.2, 0.25) is 0 Å². The standard InChI is InChI=1S/C20H16.2ClH.Zr/c1-2-8-15(7-1)13-14-20-18-11-5-3-9-16(18)17-10-4-6-12-19(17)20;;;/h1-12H,13-14H2;2*1H;/q;;;+4/p-2. The van der Waals surface area contributed by atoms with Gasteiger partial charge < -0.3 is 0 Å². The molecule has 0 bridgehead atoms. The van der Waals surface area contributed by atoms with Crippen LogP contribution in [-0.4, -0.2) is 0 Å². The van der Waals surface area contributed by atoms with E-state index in [1.807, 2.05) is 0 Å². The third-order valence-electron chi connectivity index (χ3n) is 4.19. The van der Waals surface area contributed by atoms with Crippen molar-refractivity contribution < 1.29 is 20.8 Å². The van der Waals surface area contributed by atoms with E-state index in [1.165, 1.54) is 35.5 Å². The molecule has 0 N–H and O–H groups in total. The molecule has 4 aliphatic carbocycles. The van der Waals surface area contributed by atoms with Crippen LogP contribution >= 0.6 is 17.0 Å². The summed E-state index contributed by atoms with van der Waals surface area (Å²) in [5, 5.41) is 0. The molecule has 0 atom stereocenters. The molecule has 10 radical (unpaired) electrons. The summed E-state index contributed by atoms with van der Waals surface area (Å²) in [7, 11) is 9.87. The van der Waals surface area contributed by atoms with Crippen LogP contribution in [0.2, 0.25) is 0 Å². The zero-order valence-corrected chi connectivity index (χ0v) is 16.6. The van der Waals surface area contributed by atoms with Crippen molar-refractivity contribution >= 4 is 17.0 Å². The van der Waals surface area contributed by atoms with E-state index in [1.54, 1.807) is 0 Å². The van der Waals surface area contributed by atoms with Crippen molar-refractivity contribution in [2.24, 2.45) is 0 Å². The summed E-state index contributed by atoms with van der Waals surface area (Å²) in [6, 6.07) is 0. The molecule has 0 nitrogen and oxygen atoms in total. The van der Waals surface area contributed by atoms with Crippen molar-refractivity contribution in [3.05, 3.63) is 110 Å². The van der Waals surface area contributed by atoms with E-state index in [0.29, 0.717) is 0 Å². The molecule has 23 heavy (non-hydrogen) atoms. The average Bonchev–Trinajstić information content (AvgIpc) is 3.20. The van der Waals surface area contributed by atoms with Gasteiger partial charge in [0.15, 0.2) is 0 Å². The van der Waals surface area contributed by atoms with Crippen LogP contribution in [0, 0.1) is 61.2 Å². The predicted octanol–water partition coefficient (Wildman–Crippen LogP) is 5.69. The van der Waals surface area contributed by atoms with Gasteiger partial charge in [0.25, 0.3) is 0 Å². The molecule has 0 aromatic heterocycles. The fourth-order valence-electron chi connectivity index (χ4n) is 3.23. The zero-order chi connectivity index (χ0) is 16.1. The van der Waals surface area contributed by atoms with Gasteiger partial charge in [-0.2, -0.15) is 0 Å². The molecule has 2 fully saturated rings. The summed E-state index contributed by atoms with van der Waals surface area (Å²) >= 11 is -0.826. The number of fused-ring (bicyclic) bond motifs is 3. The maximum absolute atomic E-state index is 4.93. The summed E-state index contributed by atoms with van der Waals surface area (Å²) in [6.45, 7) is 0. The van der Waals surface area contributed by atoms with Crippen molar-refractivity contribution in [3.8, 4) is 0 Å². The molecule has 0 spiro atoms. The molecule has 0 saturated heterocycles. The van der Waals surface area contributed by atoms with Gasteiger partial charge in [0, 0.05) is 23.7 Å². The second-order valence-electron chi connectivity index (χ2n) is 5.43. The van der Waals surface area contributed by atoms with Crippen LogP contribution in [0.3, 0.4) is 0 Å². The normalized spacial score (nSPS) is 25.3. The van der Waals surface area contributed by atoms with Crippen LogP contribution in [0.4, 0.5) is 0 Å². The molecule has 4 aliphatic rings. The second kappa shape index (κ2) is 9.21. The molecule has 0 aromatic rings. The van der Waals surface area contributed by atoms with E-state index >= 15 is 0 Å². The van der Waals surface area contributed by atoms with Crippen molar-refractivity contribution in [3.63, 3.8) is 0 Å². The Labute approximate surface area is 159 Å². The fraction of sp³-hybridized carbons (Fsp3) is 0.100. The van der Waals surface area contributed by atoms with Gasteiger partial charge in [-0.25, -0.2) is 0 Å². The first-order valence-corrected chi connectivity index (χ1v) is 13.9. The summed E-state index contributed by atoms with van der Waals surface area (Å²) in [6.07, 6.45) is 28.5. The third-order valence-corrected chi connectivity index (χ3v) is 4.19. The molecular weight excluding hydrogens is 402 g/mol. The second-order valence-corrected chi connectivity index (χ2v) is 9.17. The van der Waals surface area contributed by atoms with Crippen LogP contribution in [0.1, 0.15) is 12.8 Å². The average molecular weight is 418 g/mol. The van der Waals surface area contributed by atoms with Crippen molar-refractivity contribution in [2.45, 2.75) is 12.8 Å². The van der Waals surface area contributed by atoms with Gasteiger partial charge in [0.05, 0.1) is 0 Å². The number of rotatable bonds is 3. The van der Waals surface area contributed by atoms with Gasteiger partial charge >= 0.3 is 37.9 Å². The Hall–Kier alpha value is 0.423. The predicted molar refractivity (Wildman–Crippen MR) is 94.2 cm³/mol. The molecule has 0 amide bonds. The molecular formula is C20H16Cl2Zr+2. The minimum absolute atomic E-state index is 0.826. The van der Waals surface area contributed by atoms with E-state index in [4.69, 9.17) is 17.0 Å². The van der Waals surface area contributed by atoms with E-state index < -0.39 is 20.8 Å². The van der Waals surface area contributed by atoms with E-state index in [9.17, 15) is 0 Å². The molecule has 112 valence electrons. The summed E-state index contributed by atoms with van der Waals surface area (Å²) in [5.74, 6) is 8.54. The zero-order valence-electron chi connectivity index (χ0n) is 12.6. The molecule has 0 aromatic carbocycles. The number of hydrogen-bond acceptors (Lipinski definition) is 0. The Morgan fingerprint density at radius 1 is 0.652 bits per heavy atom. The number of halogens is 2. The fourth-order valence-corrected chi connectivity index (χ4v) is 3.23. The molecule has 4 rings (SSSR count). The Morgan fingerprint density at radius 3 is 1.57 bits per heavy atom. The van der Waals surface area contributed by atoms with Crippen LogP contribution < -0.4 is 0 Å². The van der Waals surface area contributed by atoms with Crippen LogP contribution in [-0.2, 0) is 20.8 Å². The Kier molecular flexibility index (Phi) is 7.30. The van der Waals surface area contributed by atoms with E-state index in [0.717, 1.165) is 12.8 Å². The monoisotopic (exact) mass is 416 g/mol. The molecule has 0 heterocycles. The first-order valence-electron chi connectivity index (χ1n) is 7.57. The van der Waals surface area contributed by atoms with Gasteiger partial charge in [-0.1, -0.05) is 48.6 Å². The Bertz CT molecular complexity index is 454. The third kappa shape index (κ3) is 4.34. The van der Waals surface area contributed by atoms with E-state index in [2.05, 4.69) is 74.3 Å². The minimum atomic E-state index is -0.826. The molecule has 2 saturated carbocycles. The summed E-state index contributed by atoms with van der Waals surface area (Å²) in [4.78, 5) is 0. The van der Waals surface area contributed by atoms with Crippen LogP contribution in [0.15, 0.2) is 48.6 Å². The van der Waals surface area contributed by atoms with Gasteiger partial charge in [0.1, 0.15) is 0 Å². The van der Waals surface area contributed by atoms with Crippen molar-refractivity contribution in [1.82, 2.24) is 0 Å². The Balaban J connectivity index is 0.000000485. The SMILES string of the molecule is [CH]1[CH][CH][C](CC[C]2[C]3C=CC=C[C]3[C]3C=CC=C[C]32)[CH]1.[Cl][Zr+2][Cl]. The Morgan fingerprint density at radius 2 is 1.09 bits per heavy atom. The van der Waals surface area contributed by atoms with Gasteiger partial charge in [-0.3, -0.25) is 0 Å². The van der Waals surface area contributed by atoms with Gasteiger partial charge in [-0.15, -0.1) is 0 Å². The van der Waals surface area contributed by atoms with Crippen LogP contribution in [0.5, 0.6) is 0 Å². The van der Waals surface area contributed by atoms with Crippen molar-refractivity contribution in [2.75, 3.05) is 0 Å². The van der Waals surface area contributed by atoms with Crippen molar-refractivity contribution in [1.29, 1.82) is 0 Å². The summed E-state index contributed by atoms with van der Waals surface area (Å²) in [5.41, 5.74) is 0. The maximum atomic E-state index is 4.93. The number of hydrogen-bond donors (Lipinski definition) is 0. The van der Waals surface area contributed by atoms with Gasteiger partial charge in [-0.05, 0) is 50.4 Å². The quantitative estimate of drug-likeness (QED) is 0.553. The van der Waals surface area contributed by atoms with E-state index in [-0.39, 0.29) is 0 Å². The molecule has 0 unspecified atom stereocenters. The summed E-state index contributed by atoms with van der Waals surface area (Å²) < 4.78 is 0. The first-order chi connectivity index (χ1) is 11.3.